The molecule has 1 amide bonds. The molecule has 1 fully saturated rings. The van der Waals surface area contributed by atoms with Crippen molar-refractivity contribution in [1.29, 1.82) is 0 Å². The molecule has 1 aliphatic heterocycles. The molecule has 116 valence electrons. The molecule has 1 aromatic heterocycles. The van der Waals surface area contributed by atoms with Gasteiger partial charge in [-0.15, -0.1) is 11.3 Å². The van der Waals surface area contributed by atoms with Crippen molar-refractivity contribution in [1.82, 2.24) is 4.90 Å². The Hall–Kier alpha value is -1.36. The molecule has 0 unspecified atom stereocenters. The van der Waals surface area contributed by atoms with E-state index in [1.807, 2.05) is 4.90 Å². The van der Waals surface area contributed by atoms with E-state index in [1.54, 1.807) is 6.07 Å². The minimum atomic E-state index is -0.964. The summed E-state index contributed by atoms with van der Waals surface area (Å²) in [4.78, 5) is 26.3. The Morgan fingerprint density at radius 3 is 2.67 bits per heavy atom. The molecule has 4 nitrogen and oxygen atoms in total. The number of nitrogens with zero attached hydrogens (tertiary/aromatic N) is 1. The van der Waals surface area contributed by atoms with Crippen LogP contribution in [0, 0.1) is 5.92 Å². The van der Waals surface area contributed by atoms with Gasteiger partial charge >= 0.3 is 5.97 Å². The first-order chi connectivity index (χ1) is 9.99. The van der Waals surface area contributed by atoms with Gasteiger partial charge in [-0.2, -0.15) is 0 Å². The number of hydrogen-bond acceptors (Lipinski definition) is 3. The van der Waals surface area contributed by atoms with Gasteiger partial charge in [0.1, 0.15) is 4.88 Å². The number of hydrogen-bond donors (Lipinski definition) is 1. The quantitative estimate of drug-likeness (QED) is 0.898. The molecule has 5 heteroatoms. The SMILES string of the molecule is CC(C)CC[C@H]1CCCCN1C(=O)c1ccc(C(=O)O)s1. The predicted octanol–water partition coefficient (Wildman–Crippen LogP) is 3.88. The Morgan fingerprint density at radius 1 is 1.33 bits per heavy atom. The highest BCUT2D eigenvalue weighted by Gasteiger charge is 2.28. The number of carbonyl (C=O) groups is 2. The maximum absolute atomic E-state index is 12.6. The fraction of sp³-hybridized carbons (Fsp3) is 0.625. The maximum atomic E-state index is 12.6. The number of likely N-dealkylation sites (tertiary alicyclic amines) is 1. The summed E-state index contributed by atoms with van der Waals surface area (Å²) in [6.45, 7) is 5.20. The van der Waals surface area contributed by atoms with Crippen molar-refractivity contribution in [3.05, 3.63) is 21.9 Å². The third-order valence-electron chi connectivity index (χ3n) is 3.99. The van der Waals surface area contributed by atoms with Crippen LogP contribution in [0.4, 0.5) is 0 Å². The molecular formula is C16H23NO3S. The molecule has 0 aliphatic carbocycles. The number of piperidine rings is 1. The van der Waals surface area contributed by atoms with E-state index in [0.29, 0.717) is 16.8 Å². The van der Waals surface area contributed by atoms with Gasteiger partial charge in [0.25, 0.3) is 5.91 Å². The topological polar surface area (TPSA) is 57.6 Å². The zero-order chi connectivity index (χ0) is 15.4. The first-order valence-corrected chi connectivity index (χ1v) is 8.44. The summed E-state index contributed by atoms with van der Waals surface area (Å²) in [6, 6.07) is 3.47. The normalized spacial score (nSPS) is 19.0. The van der Waals surface area contributed by atoms with Crippen molar-refractivity contribution < 1.29 is 14.7 Å². The van der Waals surface area contributed by atoms with Crippen molar-refractivity contribution in [3.8, 4) is 0 Å². The molecule has 21 heavy (non-hydrogen) atoms. The van der Waals surface area contributed by atoms with Crippen LogP contribution in [0.2, 0.25) is 0 Å². The van der Waals surface area contributed by atoms with E-state index in [0.717, 1.165) is 43.6 Å². The minimum absolute atomic E-state index is 0.000885. The zero-order valence-electron chi connectivity index (χ0n) is 12.7. The van der Waals surface area contributed by atoms with Gasteiger partial charge in [-0.1, -0.05) is 13.8 Å². The molecule has 0 aromatic carbocycles. The number of carbonyl (C=O) groups excluding carboxylic acids is 1. The molecule has 0 radical (unpaired) electrons. The molecule has 0 bridgehead atoms. The predicted molar refractivity (Wildman–Crippen MR) is 84.0 cm³/mol. The first kappa shape index (κ1) is 16.0. The summed E-state index contributed by atoms with van der Waals surface area (Å²) in [6.07, 6.45) is 5.45. The van der Waals surface area contributed by atoms with Crippen LogP contribution in [0.25, 0.3) is 0 Å². The molecule has 2 heterocycles. The van der Waals surface area contributed by atoms with Gasteiger partial charge < -0.3 is 10.0 Å². The lowest BCUT2D eigenvalue weighted by molar-refractivity contribution is 0.0598. The largest absolute Gasteiger partial charge is 0.477 e. The van der Waals surface area contributed by atoms with Crippen molar-refractivity contribution in [2.24, 2.45) is 5.92 Å². The van der Waals surface area contributed by atoms with Gasteiger partial charge in [0, 0.05) is 12.6 Å². The summed E-state index contributed by atoms with van der Waals surface area (Å²) in [5, 5.41) is 8.97. The van der Waals surface area contributed by atoms with Crippen LogP contribution in [-0.2, 0) is 0 Å². The monoisotopic (exact) mass is 309 g/mol. The molecule has 1 N–H and O–H groups in total. The zero-order valence-corrected chi connectivity index (χ0v) is 13.5. The summed E-state index contributed by atoms with van der Waals surface area (Å²) >= 11 is 1.08. The van der Waals surface area contributed by atoms with E-state index in [4.69, 9.17) is 5.11 Å². The highest BCUT2D eigenvalue weighted by molar-refractivity contribution is 7.15. The van der Waals surface area contributed by atoms with E-state index < -0.39 is 5.97 Å². The van der Waals surface area contributed by atoms with Crippen molar-refractivity contribution >= 4 is 23.2 Å². The van der Waals surface area contributed by atoms with Gasteiger partial charge in [0.2, 0.25) is 0 Å². The second-order valence-electron chi connectivity index (χ2n) is 6.09. The number of carboxylic acid groups (broad SMARTS) is 1. The molecule has 0 spiro atoms. The molecule has 1 aliphatic rings. The summed E-state index contributed by atoms with van der Waals surface area (Å²) in [7, 11) is 0. The number of thiophene rings is 1. The Morgan fingerprint density at radius 2 is 2.05 bits per heavy atom. The lowest BCUT2D eigenvalue weighted by Crippen LogP contribution is -2.43. The van der Waals surface area contributed by atoms with Crippen LogP contribution >= 0.6 is 11.3 Å². The van der Waals surface area contributed by atoms with E-state index in [2.05, 4.69) is 13.8 Å². The van der Waals surface area contributed by atoms with Crippen molar-refractivity contribution in [2.45, 2.75) is 52.0 Å². The Bertz CT molecular complexity index is 509. The minimum Gasteiger partial charge on any atom is -0.477 e. The van der Waals surface area contributed by atoms with Crippen molar-refractivity contribution in [3.63, 3.8) is 0 Å². The number of rotatable bonds is 5. The van der Waals surface area contributed by atoms with Gasteiger partial charge in [-0.05, 0) is 50.2 Å². The summed E-state index contributed by atoms with van der Waals surface area (Å²) in [5.74, 6) is -0.320. The van der Waals surface area contributed by atoms with Gasteiger partial charge in [0.15, 0.2) is 0 Å². The average molecular weight is 309 g/mol. The number of carboxylic acids is 1. The van der Waals surface area contributed by atoms with E-state index in [1.165, 1.54) is 12.5 Å². The van der Waals surface area contributed by atoms with E-state index >= 15 is 0 Å². The van der Waals surface area contributed by atoms with Crippen LogP contribution in [0.15, 0.2) is 12.1 Å². The third kappa shape index (κ3) is 4.06. The van der Waals surface area contributed by atoms with Crippen LogP contribution in [0.5, 0.6) is 0 Å². The molecule has 2 rings (SSSR count). The van der Waals surface area contributed by atoms with E-state index in [-0.39, 0.29) is 10.8 Å². The Labute approximate surface area is 129 Å². The van der Waals surface area contributed by atoms with Gasteiger partial charge in [-0.3, -0.25) is 4.79 Å². The molecule has 1 atom stereocenters. The first-order valence-electron chi connectivity index (χ1n) is 7.63. The van der Waals surface area contributed by atoms with E-state index in [9.17, 15) is 9.59 Å². The lowest BCUT2D eigenvalue weighted by atomic mass is 9.94. The lowest BCUT2D eigenvalue weighted by Gasteiger charge is -2.36. The fourth-order valence-electron chi connectivity index (χ4n) is 2.80. The van der Waals surface area contributed by atoms with Crippen LogP contribution in [0.3, 0.4) is 0 Å². The highest BCUT2D eigenvalue weighted by atomic mass is 32.1. The summed E-state index contributed by atoms with van der Waals surface area (Å²) < 4.78 is 0. The summed E-state index contributed by atoms with van der Waals surface area (Å²) in [5.41, 5.74) is 0. The standard InChI is InChI=1S/C16H23NO3S/c1-11(2)6-7-12-5-3-4-10-17(12)15(18)13-8-9-14(21-13)16(19)20/h8-9,11-12H,3-7,10H2,1-2H3,(H,19,20)/t12-/m1/s1. The molecule has 0 saturated carbocycles. The molecular weight excluding hydrogens is 286 g/mol. The van der Waals surface area contributed by atoms with Crippen molar-refractivity contribution in [2.75, 3.05) is 6.54 Å². The van der Waals surface area contributed by atoms with Gasteiger partial charge in [0.05, 0.1) is 4.88 Å². The Kier molecular flexibility index (Phi) is 5.39. The maximum Gasteiger partial charge on any atom is 0.345 e. The second-order valence-corrected chi connectivity index (χ2v) is 7.17. The van der Waals surface area contributed by atoms with Gasteiger partial charge in [-0.25, -0.2) is 4.79 Å². The highest BCUT2D eigenvalue weighted by Crippen LogP contribution is 2.26. The second kappa shape index (κ2) is 7.07. The smallest absolute Gasteiger partial charge is 0.345 e. The Balaban J connectivity index is 2.08. The molecule has 1 saturated heterocycles. The molecule has 1 aromatic rings. The van der Waals surface area contributed by atoms with Crippen LogP contribution < -0.4 is 0 Å². The van der Waals surface area contributed by atoms with Crippen LogP contribution in [0.1, 0.15) is 65.3 Å². The average Bonchev–Trinajstić information content (AvgIpc) is 2.94. The number of aromatic carboxylic acids is 1. The number of amides is 1. The third-order valence-corrected chi connectivity index (χ3v) is 5.05. The fourth-order valence-corrected chi connectivity index (χ4v) is 3.60. The van der Waals surface area contributed by atoms with Crippen LogP contribution in [-0.4, -0.2) is 34.5 Å².